The summed E-state index contributed by atoms with van der Waals surface area (Å²) in [4.78, 5) is 21.6. The predicted octanol–water partition coefficient (Wildman–Crippen LogP) is 4.39. The quantitative estimate of drug-likeness (QED) is 0.268. The number of carbonyl (C=O) groups is 1. The molecule has 0 aliphatic carbocycles. The highest BCUT2D eigenvalue weighted by atomic mass is 32.2. The Labute approximate surface area is 172 Å². The number of furan rings is 1. The minimum Gasteiger partial charge on any atom is -0.448 e. The Morgan fingerprint density at radius 3 is 2.54 bits per heavy atom. The van der Waals surface area contributed by atoms with Gasteiger partial charge in [0, 0.05) is 16.3 Å². The zero-order chi connectivity index (χ0) is 19.9. The van der Waals surface area contributed by atoms with Gasteiger partial charge in [0.1, 0.15) is 5.76 Å². The van der Waals surface area contributed by atoms with E-state index in [9.17, 15) is 4.79 Å². The van der Waals surface area contributed by atoms with Crippen LogP contribution in [0.15, 0.2) is 67.1 Å². The third-order valence-electron chi connectivity index (χ3n) is 3.52. The van der Waals surface area contributed by atoms with Crippen molar-refractivity contribution >= 4 is 35.6 Å². The average molecular weight is 413 g/mol. The van der Waals surface area contributed by atoms with E-state index in [1.54, 1.807) is 0 Å². The van der Waals surface area contributed by atoms with Crippen LogP contribution in [0.5, 0.6) is 0 Å². The maximum atomic E-state index is 11.9. The van der Waals surface area contributed by atoms with Crippen molar-refractivity contribution in [3.8, 4) is 0 Å². The van der Waals surface area contributed by atoms with E-state index in [2.05, 4.69) is 39.6 Å². The molecule has 0 aliphatic rings. The summed E-state index contributed by atoms with van der Waals surface area (Å²) >= 11 is 2.81. The van der Waals surface area contributed by atoms with Crippen molar-refractivity contribution in [2.45, 2.75) is 35.9 Å². The summed E-state index contributed by atoms with van der Waals surface area (Å²) in [6.07, 6.45) is 1.48. The first-order valence-corrected chi connectivity index (χ1v) is 10.4. The number of hydrogen-bond acceptors (Lipinski definition) is 7. The Hall–Kier alpha value is -2.58. The lowest BCUT2D eigenvalue weighted by Crippen LogP contribution is -2.19. The lowest BCUT2D eigenvalue weighted by Gasteiger charge is -2.02. The average Bonchev–Trinajstić information content (AvgIpc) is 3.08. The first-order chi connectivity index (χ1) is 13.5. The van der Waals surface area contributed by atoms with Gasteiger partial charge in [-0.25, -0.2) is 15.4 Å². The van der Waals surface area contributed by atoms with E-state index in [4.69, 9.17) is 4.42 Å². The minimum absolute atomic E-state index is 0.187. The fraction of sp³-hybridized carbons (Fsp3) is 0.200. The summed E-state index contributed by atoms with van der Waals surface area (Å²) in [6, 6.07) is 13.8. The fourth-order valence-corrected chi connectivity index (χ4v) is 3.79. The highest BCUT2D eigenvalue weighted by Gasteiger charge is 2.06. The van der Waals surface area contributed by atoms with E-state index >= 15 is 0 Å². The monoisotopic (exact) mass is 412 g/mol. The molecule has 0 fully saturated rings. The highest BCUT2D eigenvalue weighted by Crippen LogP contribution is 2.28. The molecular formula is C20H20N4O2S2. The number of nitrogens with one attached hydrogen (secondary N) is 1. The molecule has 3 aromatic rings. The first kappa shape index (κ1) is 20.2. The number of amides is 1. The van der Waals surface area contributed by atoms with Crippen LogP contribution in [0.3, 0.4) is 0 Å². The SMILES string of the molecule is Cc1ccc(Sc2ccc(/C=N\NC(=O)CSc3nc(C)cc(C)n3)o2)cc1. The third-order valence-corrected chi connectivity index (χ3v) is 5.29. The standard InChI is InChI=1S/C20H20N4O2S2/c1-13-4-7-17(8-5-13)28-19-9-6-16(26-19)11-21-24-18(25)12-27-20-22-14(2)10-15(3)23-20/h4-11H,12H2,1-3H3,(H,24,25)/b21-11-. The number of nitrogens with zero attached hydrogens (tertiary/aromatic N) is 3. The summed E-state index contributed by atoms with van der Waals surface area (Å²) in [5, 5.41) is 5.29. The van der Waals surface area contributed by atoms with Crippen molar-refractivity contribution in [3.63, 3.8) is 0 Å². The molecule has 0 spiro atoms. The van der Waals surface area contributed by atoms with E-state index in [0.29, 0.717) is 10.9 Å². The molecule has 0 saturated heterocycles. The van der Waals surface area contributed by atoms with Gasteiger partial charge in [-0.1, -0.05) is 41.2 Å². The topological polar surface area (TPSA) is 80.4 Å². The maximum Gasteiger partial charge on any atom is 0.250 e. The number of aromatic nitrogens is 2. The zero-order valence-corrected chi connectivity index (χ0v) is 17.4. The Morgan fingerprint density at radius 1 is 1.11 bits per heavy atom. The molecular weight excluding hydrogens is 392 g/mol. The van der Waals surface area contributed by atoms with E-state index in [0.717, 1.165) is 21.4 Å². The molecule has 1 amide bonds. The molecule has 1 aromatic carbocycles. The second-order valence-electron chi connectivity index (χ2n) is 6.09. The largest absolute Gasteiger partial charge is 0.448 e. The Balaban J connectivity index is 1.47. The van der Waals surface area contributed by atoms with Crippen LogP contribution in [0.25, 0.3) is 0 Å². The highest BCUT2D eigenvalue weighted by molar-refractivity contribution is 7.99. The van der Waals surface area contributed by atoms with Gasteiger partial charge in [-0.3, -0.25) is 4.79 Å². The van der Waals surface area contributed by atoms with Gasteiger partial charge in [0.2, 0.25) is 0 Å². The van der Waals surface area contributed by atoms with Crippen LogP contribution in [-0.2, 0) is 4.79 Å². The molecule has 1 N–H and O–H groups in total. The van der Waals surface area contributed by atoms with Crippen molar-refractivity contribution in [1.29, 1.82) is 0 Å². The molecule has 0 atom stereocenters. The summed E-state index contributed by atoms with van der Waals surface area (Å²) in [7, 11) is 0. The predicted molar refractivity (Wildman–Crippen MR) is 112 cm³/mol. The van der Waals surface area contributed by atoms with Crippen LogP contribution in [-0.4, -0.2) is 27.8 Å². The molecule has 8 heteroatoms. The number of aryl methyl sites for hydroxylation is 3. The number of benzene rings is 1. The second kappa shape index (κ2) is 9.57. The Morgan fingerprint density at radius 2 is 1.82 bits per heavy atom. The van der Waals surface area contributed by atoms with Crippen molar-refractivity contribution in [2.24, 2.45) is 5.10 Å². The van der Waals surface area contributed by atoms with Crippen molar-refractivity contribution in [3.05, 3.63) is 65.2 Å². The van der Waals surface area contributed by atoms with Gasteiger partial charge < -0.3 is 4.42 Å². The number of carbonyl (C=O) groups excluding carboxylic acids is 1. The molecule has 0 bridgehead atoms. The minimum atomic E-state index is -0.232. The molecule has 3 rings (SSSR count). The molecule has 6 nitrogen and oxygen atoms in total. The van der Waals surface area contributed by atoms with Crippen LogP contribution in [0.2, 0.25) is 0 Å². The van der Waals surface area contributed by atoms with Gasteiger partial charge >= 0.3 is 0 Å². The molecule has 0 radical (unpaired) electrons. The van der Waals surface area contributed by atoms with Crippen LogP contribution < -0.4 is 5.43 Å². The Kier molecular flexibility index (Phi) is 6.89. The Bertz CT molecular complexity index is 964. The second-order valence-corrected chi connectivity index (χ2v) is 8.11. The van der Waals surface area contributed by atoms with Crippen molar-refractivity contribution in [1.82, 2.24) is 15.4 Å². The van der Waals surface area contributed by atoms with Gasteiger partial charge in [-0.15, -0.1) is 0 Å². The lowest BCUT2D eigenvalue weighted by molar-refractivity contribution is -0.118. The summed E-state index contributed by atoms with van der Waals surface area (Å²) < 4.78 is 5.69. The van der Waals surface area contributed by atoms with Crippen molar-refractivity contribution in [2.75, 3.05) is 5.75 Å². The van der Waals surface area contributed by atoms with Gasteiger partial charge in [0.15, 0.2) is 10.2 Å². The lowest BCUT2D eigenvalue weighted by atomic mass is 10.2. The molecule has 144 valence electrons. The van der Waals surface area contributed by atoms with Crippen LogP contribution in [0.1, 0.15) is 22.7 Å². The summed E-state index contributed by atoms with van der Waals surface area (Å²) in [5.41, 5.74) is 5.46. The van der Waals surface area contributed by atoms with E-state index in [1.807, 2.05) is 44.2 Å². The third kappa shape index (κ3) is 6.24. The first-order valence-electron chi connectivity index (χ1n) is 8.59. The maximum absolute atomic E-state index is 11.9. The van der Waals surface area contributed by atoms with Gasteiger partial charge in [0.05, 0.1) is 12.0 Å². The molecule has 0 aliphatic heterocycles. The number of hydrazone groups is 1. The number of rotatable bonds is 7. The normalized spacial score (nSPS) is 11.1. The summed E-state index contributed by atoms with van der Waals surface area (Å²) in [6.45, 7) is 5.85. The molecule has 28 heavy (non-hydrogen) atoms. The van der Waals surface area contributed by atoms with Gasteiger partial charge in [-0.05, 0) is 51.1 Å². The summed E-state index contributed by atoms with van der Waals surface area (Å²) in [5.74, 6) is 0.525. The molecule has 0 unspecified atom stereocenters. The number of thioether (sulfide) groups is 1. The molecule has 2 heterocycles. The zero-order valence-electron chi connectivity index (χ0n) is 15.8. The van der Waals surface area contributed by atoms with Gasteiger partial charge in [0.25, 0.3) is 5.91 Å². The molecule has 2 aromatic heterocycles. The van der Waals surface area contributed by atoms with Crippen LogP contribution in [0, 0.1) is 20.8 Å². The van der Waals surface area contributed by atoms with Crippen LogP contribution in [0.4, 0.5) is 0 Å². The molecule has 0 saturated carbocycles. The smallest absolute Gasteiger partial charge is 0.250 e. The van der Waals surface area contributed by atoms with Crippen molar-refractivity contribution < 1.29 is 9.21 Å². The van der Waals surface area contributed by atoms with Gasteiger partial charge in [-0.2, -0.15) is 5.10 Å². The van der Waals surface area contributed by atoms with Crippen LogP contribution >= 0.6 is 23.5 Å². The van der Waals surface area contributed by atoms with E-state index in [-0.39, 0.29) is 11.7 Å². The fourth-order valence-electron chi connectivity index (χ4n) is 2.27. The number of hydrogen-bond donors (Lipinski definition) is 1. The van der Waals surface area contributed by atoms with E-state index in [1.165, 1.54) is 35.3 Å². The van der Waals surface area contributed by atoms with E-state index < -0.39 is 0 Å².